The van der Waals surface area contributed by atoms with Gasteiger partial charge in [0.05, 0.1) is 0 Å². The second-order valence-corrected chi connectivity index (χ2v) is 18.7. The van der Waals surface area contributed by atoms with Crippen molar-refractivity contribution in [2.75, 3.05) is 26.4 Å². The molecule has 5 aromatic rings. The fourth-order valence-corrected chi connectivity index (χ4v) is 9.45. The summed E-state index contributed by atoms with van der Waals surface area (Å²) in [6.45, 7) is 5.09. The van der Waals surface area contributed by atoms with E-state index in [4.69, 9.17) is 0 Å². The van der Waals surface area contributed by atoms with Crippen LogP contribution in [0.2, 0.25) is 0 Å². The van der Waals surface area contributed by atoms with Crippen LogP contribution in [0.5, 0.6) is 0 Å². The van der Waals surface area contributed by atoms with Gasteiger partial charge in [0.15, 0.2) is 49.6 Å². The van der Waals surface area contributed by atoms with Crippen LogP contribution in [0.15, 0.2) is 110 Å². The van der Waals surface area contributed by atoms with Crippen LogP contribution in [0.4, 0.5) is 0 Å². The maximum absolute atomic E-state index is 9.31. The van der Waals surface area contributed by atoms with E-state index in [1.165, 1.54) is 99.3 Å². The quantitative estimate of drug-likeness (QED) is 0.0245. The Kier molecular flexibility index (Phi) is 38.4. The van der Waals surface area contributed by atoms with Crippen molar-refractivity contribution < 1.29 is 107 Å². The largest absolute Gasteiger partial charge is 1.00 e. The number of rotatable bonds is 36. The number of aliphatic hydroxyl groups is 4. The molecule has 0 aliphatic rings. The van der Waals surface area contributed by atoms with Gasteiger partial charge >= 0.3 is 0 Å². The normalized spacial score (nSPS) is 10.8. The third-order valence-corrected chi connectivity index (χ3v) is 13.1. The second kappa shape index (κ2) is 41.0. The van der Waals surface area contributed by atoms with Gasteiger partial charge in [0, 0.05) is 98.6 Å². The van der Waals surface area contributed by atoms with E-state index in [1.807, 2.05) is 0 Å². The third-order valence-electron chi connectivity index (χ3n) is 13.1. The van der Waals surface area contributed by atoms with E-state index >= 15 is 0 Å². The van der Waals surface area contributed by atoms with Gasteiger partial charge in [0.1, 0.15) is 26.2 Å². The molecule has 0 atom stereocenters. The molecule has 0 aliphatic heterocycles. The SMILES string of the molecule is OCCCc1ccc[n+](CCCCCc2cc(CCCCC[n+]3cccc(CCCO)c3)c(CCCCC[n+]3cccc(CCCO)c3)cc2CCCCC[n+]2cccc(CCCO)c2)c1.[Br-].[Br-].[Br-].[Br-]. The fraction of sp³-hybridized carbons (Fsp3) is 0.552. The van der Waals surface area contributed by atoms with Gasteiger partial charge in [0.2, 0.25) is 0 Å². The van der Waals surface area contributed by atoms with Gasteiger partial charge in [-0.1, -0.05) is 12.1 Å². The smallest absolute Gasteiger partial charge is 0.171 e. The van der Waals surface area contributed by atoms with Crippen LogP contribution in [-0.2, 0) is 77.5 Å². The first-order valence-corrected chi connectivity index (χ1v) is 26.1. The maximum Gasteiger partial charge on any atom is 0.171 e. The summed E-state index contributed by atoms with van der Waals surface area (Å²) in [5, 5.41) is 37.3. The average molecular weight is 1220 g/mol. The molecule has 0 unspecified atom stereocenters. The van der Waals surface area contributed by atoms with Crippen LogP contribution in [0.3, 0.4) is 0 Å². The second-order valence-electron chi connectivity index (χ2n) is 18.7. The summed E-state index contributed by atoms with van der Waals surface area (Å²) in [6.07, 6.45) is 43.6. The van der Waals surface area contributed by atoms with E-state index in [2.05, 4.69) is 129 Å². The number of hydrogen-bond acceptors (Lipinski definition) is 4. The molecule has 0 saturated heterocycles. The number of aryl methyl sites for hydroxylation is 12. The Hall–Kier alpha value is -2.42. The maximum atomic E-state index is 9.31. The number of pyridine rings is 4. The standard InChI is InChI=1S/C58H86N4O4.4BrH/c63-41-17-25-51-21-13-37-59(47-51)33-9-1-5-29-55-45-57(31-7-3-11-35-61-39-15-23-53(49-61)27-19-43-65)58(32-8-4-12-36-62-40-16-24-54(50-62)28-20-44-66)46-56(55)30-6-2-10-34-60-38-14-22-52(48-60)26-18-42-64;;;;/h13-16,21-24,37-40,45-50,63-66H,1-12,17-20,25-36,41-44H2;4*1H/q+4;;;;/p-4. The summed E-state index contributed by atoms with van der Waals surface area (Å²) >= 11 is 0. The van der Waals surface area contributed by atoms with Crippen LogP contribution in [0, 0.1) is 0 Å². The van der Waals surface area contributed by atoms with Gasteiger partial charge in [-0.15, -0.1) is 0 Å². The molecular formula is C58H86Br4N4O4. The average Bonchev–Trinajstić information content (AvgIpc) is 3.34. The molecule has 8 nitrogen and oxygen atoms in total. The van der Waals surface area contributed by atoms with Gasteiger partial charge in [-0.25, -0.2) is 18.3 Å². The zero-order valence-corrected chi connectivity index (χ0v) is 48.5. The minimum absolute atomic E-state index is 0. The summed E-state index contributed by atoms with van der Waals surface area (Å²) in [7, 11) is 0. The Morgan fingerprint density at radius 1 is 0.271 bits per heavy atom. The lowest BCUT2D eigenvalue weighted by Crippen LogP contribution is -3.00. The minimum atomic E-state index is 0. The van der Waals surface area contributed by atoms with Gasteiger partial charge in [0.25, 0.3) is 0 Å². The molecule has 0 aliphatic carbocycles. The molecule has 0 spiro atoms. The molecule has 4 aromatic heterocycles. The highest BCUT2D eigenvalue weighted by atomic mass is 79.9. The fourth-order valence-electron chi connectivity index (χ4n) is 9.45. The Bertz CT molecular complexity index is 1810. The molecule has 0 radical (unpaired) electrons. The van der Waals surface area contributed by atoms with E-state index in [0.717, 1.165) is 103 Å². The van der Waals surface area contributed by atoms with E-state index in [0.29, 0.717) is 0 Å². The van der Waals surface area contributed by atoms with Gasteiger partial charge in [-0.05, 0) is 175 Å². The molecule has 0 bridgehead atoms. The van der Waals surface area contributed by atoms with Crippen molar-refractivity contribution in [3.05, 3.63) is 155 Å². The summed E-state index contributed by atoms with van der Waals surface area (Å²) in [6, 6.07) is 22.6. The zero-order valence-electron chi connectivity index (χ0n) is 42.1. The van der Waals surface area contributed by atoms with E-state index in [-0.39, 0.29) is 94.4 Å². The summed E-state index contributed by atoms with van der Waals surface area (Å²) < 4.78 is 9.32. The number of aromatic nitrogens is 4. The number of hydrogen-bond donors (Lipinski definition) is 4. The Morgan fingerprint density at radius 2 is 0.500 bits per heavy atom. The topological polar surface area (TPSA) is 96.4 Å². The highest BCUT2D eigenvalue weighted by Gasteiger charge is 2.14. The lowest BCUT2D eigenvalue weighted by molar-refractivity contribution is -0.697. The summed E-state index contributed by atoms with van der Waals surface area (Å²) in [5.41, 5.74) is 11.5. The van der Waals surface area contributed by atoms with Gasteiger partial charge < -0.3 is 88.4 Å². The van der Waals surface area contributed by atoms with Crippen LogP contribution in [0.1, 0.15) is 147 Å². The molecule has 1 aromatic carbocycles. The van der Waals surface area contributed by atoms with Crippen LogP contribution >= 0.6 is 0 Å². The number of unbranched alkanes of at least 4 members (excludes halogenated alkanes) is 8. The third kappa shape index (κ3) is 26.5. The van der Waals surface area contributed by atoms with E-state index in [9.17, 15) is 20.4 Å². The van der Waals surface area contributed by atoms with Gasteiger partial charge in [-0.2, -0.15) is 0 Å². The Labute approximate surface area is 464 Å². The predicted molar refractivity (Wildman–Crippen MR) is 265 cm³/mol. The highest BCUT2D eigenvalue weighted by molar-refractivity contribution is 5.39. The van der Waals surface area contributed by atoms with Crippen molar-refractivity contribution in [1.82, 2.24) is 0 Å². The Morgan fingerprint density at radius 3 is 0.714 bits per heavy atom. The van der Waals surface area contributed by atoms with Crippen molar-refractivity contribution in [1.29, 1.82) is 0 Å². The van der Waals surface area contributed by atoms with E-state index in [1.54, 1.807) is 22.3 Å². The molecule has 70 heavy (non-hydrogen) atoms. The lowest BCUT2D eigenvalue weighted by Gasteiger charge is -2.17. The van der Waals surface area contributed by atoms with Crippen LogP contribution in [-0.4, -0.2) is 46.9 Å². The summed E-state index contributed by atoms with van der Waals surface area (Å²) in [4.78, 5) is 0. The highest BCUT2D eigenvalue weighted by Crippen LogP contribution is 2.25. The van der Waals surface area contributed by atoms with Crippen molar-refractivity contribution in [3.8, 4) is 0 Å². The zero-order chi connectivity index (χ0) is 46.3. The molecule has 4 N–H and O–H groups in total. The molecule has 5 rings (SSSR count). The molecule has 0 saturated carbocycles. The Balaban J connectivity index is 0.00000612. The first-order valence-electron chi connectivity index (χ1n) is 26.1. The van der Waals surface area contributed by atoms with Crippen molar-refractivity contribution in [2.45, 2.75) is 180 Å². The first-order chi connectivity index (χ1) is 32.6. The number of benzene rings is 1. The minimum Gasteiger partial charge on any atom is -1.00 e. The van der Waals surface area contributed by atoms with Crippen LogP contribution in [0.25, 0.3) is 0 Å². The number of nitrogens with zero attached hydrogens (tertiary/aromatic N) is 4. The summed E-state index contributed by atoms with van der Waals surface area (Å²) in [5.74, 6) is 0. The lowest BCUT2D eigenvalue weighted by atomic mass is 9.88. The number of halogens is 4. The van der Waals surface area contributed by atoms with Gasteiger partial charge in [-0.3, -0.25) is 0 Å². The molecule has 12 heteroatoms. The molecular weight excluding hydrogens is 1140 g/mol. The molecule has 0 fully saturated rings. The molecule has 390 valence electrons. The monoisotopic (exact) mass is 1220 g/mol. The number of aliphatic hydroxyl groups excluding tert-OH is 4. The molecule has 4 heterocycles. The first kappa shape index (κ1) is 65.6. The van der Waals surface area contributed by atoms with Crippen molar-refractivity contribution in [2.24, 2.45) is 0 Å². The van der Waals surface area contributed by atoms with Crippen molar-refractivity contribution >= 4 is 0 Å². The van der Waals surface area contributed by atoms with Crippen molar-refractivity contribution in [3.63, 3.8) is 0 Å². The predicted octanol–water partition coefficient (Wildman–Crippen LogP) is -3.80. The van der Waals surface area contributed by atoms with E-state index < -0.39 is 0 Å². The molecule has 0 amide bonds. The van der Waals surface area contributed by atoms with Crippen LogP contribution < -0.4 is 86.2 Å².